The lowest BCUT2D eigenvalue weighted by atomic mass is 10.0. The number of carbonyl (C=O) groups is 2. The molecule has 6 heteroatoms. The number of hydrogen-bond donors (Lipinski definition) is 3. The number of carbonyl (C=O) groups excluding carboxylic acids is 2. The van der Waals surface area contributed by atoms with Gasteiger partial charge in [0, 0.05) is 17.7 Å². The molecule has 0 aliphatic heterocycles. The first-order valence-electron chi connectivity index (χ1n) is 9.41. The maximum atomic E-state index is 13.9. The number of rotatable bonds is 8. The van der Waals surface area contributed by atoms with E-state index in [0.29, 0.717) is 29.2 Å². The summed E-state index contributed by atoms with van der Waals surface area (Å²) in [7, 11) is 0. The number of nitrogens with one attached hydrogen (secondary N) is 2. The van der Waals surface area contributed by atoms with Gasteiger partial charge in [0.15, 0.2) is 0 Å². The van der Waals surface area contributed by atoms with Gasteiger partial charge in [0.05, 0.1) is 6.10 Å². The summed E-state index contributed by atoms with van der Waals surface area (Å²) in [5.41, 5.74) is 1.41. The van der Waals surface area contributed by atoms with Crippen LogP contribution in [0.2, 0.25) is 0 Å². The van der Waals surface area contributed by atoms with Crippen LogP contribution in [0.3, 0.4) is 0 Å². The first kappa shape index (κ1) is 21.6. The van der Waals surface area contributed by atoms with E-state index in [1.807, 2.05) is 13.8 Å². The molecule has 0 aliphatic carbocycles. The number of aliphatic hydroxyl groups excluding tert-OH is 1. The van der Waals surface area contributed by atoms with E-state index in [2.05, 4.69) is 10.6 Å². The molecule has 2 atom stereocenters. The number of amides is 2. The van der Waals surface area contributed by atoms with E-state index >= 15 is 0 Å². The molecule has 0 aromatic heterocycles. The zero-order valence-electron chi connectivity index (χ0n) is 16.4. The smallest absolute Gasteiger partial charge is 0.252 e. The Labute approximate surface area is 165 Å². The van der Waals surface area contributed by atoms with Crippen molar-refractivity contribution in [1.82, 2.24) is 10.6 Å². The van der Waals surface area contributed by atoms with E-state index in [1.165, 1.54) is 13.0 Å². The number of aliphatic hydroxyl groups is 1. The minimum atomic E-state index is -1.05. The van der Waals surface area contributed by atoms with Gasteiger partial charge in [0.2, 0.25) is 5.91 Å². The van der Waals surface area contributed by atoms with E-state index in [-0.39, 0.29) is 5.82 Å². The Balaban J connectivity index is 2.05. The van der Waals surface area contributed by atoms with Crippen molar-refractivity contribution in [2.75, 3.05) is 6.54 Å². The molecule has 0 bridgehead atoms. The minimum Gasteiger partial charge on any atom is -0.391 e. The lowest BCUT2D eigenvalue weighted by molar-refractivity contribution is -0.125. The lowest BCUT2D eigenvalue weighted by Gasteiger charge is -2.21. The maximum Gasteiger partial charge on any atom is 0.252 e. The second kappa shape index (κ2) is 9.99. The highest BCUT2D eigenvalue weighted by atomic mass is 19.1. The molecule has 150 valence electrons. The summed E-state index contributed by atoms with van der Waals surface area (Å²) >= 11 is 0. The molecule has 3 N–H and O–H groups in total. The standard InChI is InChI=1S/C22H27FN2O3/c1-14(2)12-13-24-22(28)20(15(3)26)25-21(27)17-10-8-16(9-11-17)18-6-4-5-7-19(18)23/h4-11,14-15,20,26H,12-13H2,1-3H3,(H,24,28)(H,25,27)/t15-,20+/m1/s1. The summed E-state index contributed by atoms with van der Waals surface area (Å²) in [5, 5.41) is 15.2. The summed E-state index contributed by atoms with van der Waals surface area (Å²) in [5.74, 6) is -0.809. The predicted molar refractivity (Wildman–Crippen MR) is 107 cm³/mol. The average Bonchev–Trinajstić information content (AvgIpc) is 2.65. The molecular formula is C22H27FN2O3. The molecule has 0 radical (unpaired) electrons. The van der Waals surface area contributed by atoms with Crippen LogP contribution < -0.4 is 10.6 Å². The third-order valence-electron chi connectivity index (χ3n) is 4.40. The molecule has 2 rings (SSSR count). The third-order valence-corrected chi connectivity index (χ3v) is 4.40. The lowest BCUT2D eigenvalue weighted by Crippen LogP contribution is -2.52. The van der Waals surface area contributed by atoms with Gasteiger partial charge in [-0.05, 0) is 43.0 Å². The number of halogens is 1. The van der Waals surface area contributed by atoms with E-state index in [0.717, 1.165) is 6.42 Å². The molecule has 2 amide bonds. The van der Waals surface area contributed by atoms with Crippen LogP contribution in [-0.2, 0) is 4.79 Å². The Hall–Kier alpha value is -2.73. The molecule has 2 aromatic carbocycles. The van der Waals surface area contributed by atoms with Crippen LogP contribution in [0.1, 0.15) is 37.6 Å². The fraction of sp³-hybridized carbons (Fsp3) is 0.364. The predicted octanol–water partition coefficient (Wildman–Crippen LogP) is 3.13. The van der Waals surface area contributed by atoms with Crippen LogP contribution in [0.15, 0.2) is 48.5 Å². The van der Waals surface area contributed by atoms with Crippen LogP contribution in [0.25, 0.3) is 11.1 Å². The Kier molecular flexibility index (Phi) is 7.70. The van der Waals surface area contributed by atoms with Gasteiger partial charge in [-0.3, -0.25) is 9.59 Å². The normalized spacial score (nSPS) is 13.1. The topological polar surface area (TPSA) is 78.4 Å². The molecular weight excluding hydrogens is 359 g/mol. The van der Waals surface area contributed by atoms with Crippen molar-refractivity contribution in [3.05, 3.63) is 59.9 Å². The zero-order valence-corrected chi connectivity index (χ0v) is 16.4. The highest BCUT2D eigenvalue weighted by Crippen LogP contribution is 2.22. The molecule has 5 nitrogen and oxygen atoms in total. The summed E-state index contributed by atoms with van der Waals surface area (Å²) in [6.45, 7) is 6.03. The van der Waals surface area contributed by atoms with Crippen molar-refractivity contribution in [3.63, 3.8) is 0 Å². The fourth-order valence-corrected chi connectivity index (χ4v) is 2.72. The second-order valence-corrected chi connectivity index (χ2v) is 7.22. The monoisotopic (exact) mass is 386 g/mol. The van der Waals surface area contributed by atoms with E-state index in [4.69, 9.17) is 0 Å². The van der Waals surface area contributed by atoms with Gasteiger partial charge in [0.1, 0.15) is 11.9 Å². The fourth-order valence-electron chi connectivity index (χ4n) is 2.72. The highest BCUT2D eigenvalue weighted by molar-refractivity contribution is 5.98. The van der Waals surface area contributed by atoms with E-state index < -0.39 is 24.0 Å². The average molecular weight is 386 g/mol. The van der Waals surface area contributed by atoms with Gasteiger partial charge < -0.3 is 15.7 Å². The van der Waals surface area contributed by atoms with Gasteiger partial charge in [0.25, 0.3) is 5.91 Å². The molecule has 0 saturated carbocycles. The number of benzene rings is 2. The van der Waals surface area contributed by atoms with Gasteiger partial charge in [-0.2, -0.15) is 0 Å². The molecule has 0 spiro atoms. The van der Waals surface area contributed by atoms with Crippen LogP contribution in [0.4, 0.5) is 4.39 Å². The second-order valence-electron chi connectivity index (χ2n) is 7.22. The Morgan fingerprint density at radius 1 is 1.04 bits per heavy atom. The first-order valence-corrected chi connectivity index (χ1v) is 9.41. The van der Waals surface area contributed by atoms with Crippen LogP contribution in [0, 0.1) is 11.7 Å². The van der Waals surface area contributed by atoms with Crippen molar-refractivity contribution in [2.24, 2.45) is 5.92 Å². The summed E-state index contributed by atoms with van der Waals surface area (Å²) in [4.78, 5) is 24.8. The summed E-state index contributed by atoms with van der Waals surface area (Å²) < 4.78 is 13.9. The summed E-state index contributed by atoms with van der Waals surface area (Å²) in [6, 6.07) is 11.8. The molecule has 0 saturated heterocycles. The zero-order chi connectivity index (χ0) is 20.7. The van der Waals surface area contributed by atoms with E-state index in [1.54, 1.807) is 42.5 Å². The van der Waals surface area contributed by atoms with Gasteiger partial charge in [-0.25, -0.2) is 4.39 Å². The number of hydrogen-bond acceptors (Lipinski definition) is 3. The molecule has 0 unspecified atom stereocenters. The largest absolute Gasteiger partial charge is 0.391 e. The quantitative estimate of drug-likeness (QED) is 0.652. The van der Waals surface area contributed by atoms with Gasteiger partial charge in [-0.15, -0.1) is 0 Å². The molecule has 0 heterocycles. The Morgan fingerprint density at radius 3 is 2.25 bits per heavy atom. The molecule has 0 aliphatic rings. The molecule has 28 heavy (non-hydrogen) atoms. The van der Waals surface area contributed by atoms with Crippen LogP contribution >= 0.6 is 0 Å². The van der Waals surface area contributed by atoms with Crippen LogP contribution in [-0.4, -0.2) is 35.6 Å². The Morgan fingerprint density at radius 2 is 1.68 bits per heavy atom. The first-order chi connectivity index (χ1) is 13.3. The van der Waals surface area contributed by atoms with Crippen molar-refractivity contribution in [3.8, 4) is 11.1 Å². The van der Waals surface area contributed by atoms with Crippen LogP contribution in [0.5, 0.6) is 0 Å². The Bertz CT molecular complexity index is 804. The summed E-state index contributed by atoms with van der Waals surface area (Å²) in [6.07, 6.45) is -0.232. The highest BCUT2D eigenvalue weighted by Gasteiger charge is 2.25. The van der Waals surface area contributed by atoms with Gasteiger partial charge >= 0.3 is 0 Å². The maximum absolute atomic E-state index is 13.9. The van der Waals surface area contributed by atoms with Crippen molar-refractivity contribution < 1.29 is 19.1 Å². The molecule has 0 fully saturated rings. The van der Waals surface area contributed by atoms with Crippen molar-refractivity contribution in [1.29, 1.82) is 0 Å². The molecule has 2 aromatic rings. The van der Waals surface area contributed by atoms with Gasteiger partial charge in [-0.1, -0.05) is 44.2 Å². The SMILES string of the molecule is CC(C)CCNC(=O)[C@@H](NC(=O)c1ccc(-c2ccccc2F)cc1)[C@@H](C)O. The van der Waals surface area contributed by atoms with E-state index in [9.17, 15) is 19.1 Å². The minimum absolute atomic E-state index is 0.320. The third kappa shape index (κ3) is 5.89. The van der Waals surface area contributed by atoms with Crippen molar-refractivity contribution in [2.45, 2.75) is 39.3 Å². The van der Waals surface area contributed by atoms with Crippen molar-refractivity contribution >= 4 is 11.8 Å².